The molecule has 5 heterocycles. The highest BCUT2D eigenvalue weighted by atomic mass is 35.5. The van der Waals surface area contributed by atoms with Crippen molar-refractivity contribution in [1.29, 1.82) is 0 Å². The molecule has 0 aliphatic carbocycles. The minimum absolute atomic E-state index is 0.0230. The van der Waals surface area contributed by atoms with Gasteiger partial charge in [0.2, 0.25) is 0 Å². The fraction of sp³-hybridized carbons (Fsp3) is 0.464. The molecular formula is C28H32ClN7O4. The Morgan fingerprint density at radius 2 is 1.93 bits per heavy atom. The molecule has 3 aliphatic rings. The van der Waals surface area contributed by atoms with Gasteiger partial charge in [-0.2, -0.15) is 0 Å². The molecule has 2 saturated heterocycles. The molecule has 40 heavy (non-hydrogen) atoms. The molecule has 12 heteroatoms. The first kappa shape index (κ1) is 26.5. The molecule has 0 unspecified atom stereocenters. The fourth-order valence-corrected chi connectivity index (χ4v) is 5.54. The highest BCUT2D eigenvalue weighted by molar-refractivity contribution is 6.32. The minimum atomic E-state index is -0.318. The van der Waals surface area contributed by atoms with Crippen molar-refractivity contribution in [3.8, 4) is 5.75 Å². The predicted molar refractivity (Wildman–Crippen MR) is 148 cm³/mol. The Balaban J connectivity index is 1.21. The zero-order valence-electron chi connectivity index (χ0n) is 22.2. The molecule has 0 saturated carbocycles. The highest BCUT2D eigenvalue weighted by Gasteiger charge is 2.36. The number of nitrogens with zero attached hydrogens (tertiary/aromatic N) is 6. The number of benzene rings is 1. The van der Waals surface area contributed by atoms with Crippen LogP contribution in [0.5, 0.6) is 5.75 Å². The number of fused-ring (bicyclic) bond motifs is 5. The van der Waals surface area contributed by atoms with Crippen molar-refractivity contribution in [3.63, 3.8) is 0 Å². The van der Waals surface area contributed by atoms with Crippen molar-refractivity contribution in [2.75, 3.05) is 37.7 Å². The van der Waals surface area contributed by atoms with Gasteiger partial charge in [-0.3, -0.25) is 14.3 Å². The number of rotatable bonds is 2. The maximum atomic E-state index is 13.3. The Kier molecular flexibility index (Phi) is 7.83. The third kappa shape index (κ3) is 5.90. The van der Waals surface area contributed by atoms with E-state index in [2.05, 4.69) is 25.5 Å². The smallest absolute Gasteiger partial charge is 0.255 e. The lowest BCUT2D eigenvalue weighted by Crippen LogP contribution is -2.44. The van der Waals surface area contributed by atoms with Crippen LogP contribution in [0.15, 0.2) is 42.7 Å². The normalized spacial score (nSPS) is 21.9. The Hall–Kier alpha value is -3.70. The maximum absolute atomic E-state index is 13.3. The zero-order valence-corrected chi connectivity index (χ0v) is 22.9. The molecule has 2 atom stereocenters. The number of aryl methyl sites for hydroxylation is 1. The van der Waals surface area contributed by atoms with Crippen LogP contribution >= 0.6 is 11.6 Å². The van der Waals surface area contributed by atoms with E-state index in [1.54, 1.807) is 29.1 Å². The average molecular weight is 566 g/mol. The summed E-state index contributed by atoms with van der Waals surface area (Å²) < 4.78 is 13.9. The van der Waals surface area contributed by atoms with Gasteiger partial charge in [0.1, 0.15) is 17.3 Å². The molecular weight excluding hydrogens is 534 g/mol. The summed E-state index contributed by atoms with van der Waals surface area (Å²) in [5.41, 5.74) is 1.76. The number of ether oxygens (including phenoxy) is 2. The van der Waals surface area contributed by atoms with Crippen LogP contribution in [0.1, 0.15) is 52.1 Å². The number of carbonyl (C=O) groups is 2. The number of likely N-dealkylation sites (tertiary alicyclic amines) is 1. The molecule has 4 bridgehead atoms. The summed E-state index contributed by atoms with van der Waals surface area (Å²) >= 11 is 6.32. The van der Waals surface area contributed by atoms with Gasteiger partial charge in [0, 0.05) is 50.9 Å². The number of hydrogen-bond donors (Lipinski definition) is 1. The van der Waals surface area contributed by atoms with Crippen LogP contribution < -0.4 is 15.0 Å². The Morgan fingerprint density at radius 3 is 2.75 bits per heavy atom. The van der Waals surface area contributed by atoms with Crippen LogP contribution in [0.2, 0.25) is 5.02 Å². The van der Waals surface area contributed by atoms with Crippen LogP contribution in [0.4, 0.5) is 5.82 Å². The number of pyridine rings is 1. The first-order valence-corrected chi connectivity index (χ1v) is 14.2. The molecule has 1 N–H and O–H groups in total. The largest absolute Gasteiger partial charge is 0.492 e. The van der Waals surface area contributed by atoms with Gasteiger partial charge in [0.25, 0.3) is 11.8 Å². The van der Waals surface area contributed by atoms with E-state index < -0.39 is 0 Å². The summed E-state index contributed by atoms with van der Waals surface area (Å²) in [7, 11) is 0. The quantitative estimate of drug-likeness (QED) is 0.504. The van der Waals surface area contributed by atoms with E-state index in [1.165, 1.54) is 6.42 Å². The lowest BCUT2D eigenvalue weighted by molar-refractivity contribution is 0.0347. The first-order chi connectivity index (χ1) is 19.5. The standard InChI is InChI=1S/C28H32ClN7O4/c29-22-7-5-19-13-24(22)39-12-4-11-36-15-21(32-33-36)18-40-25-17-35(16-23(25)31-27(19)37)26-8-6-20(14-30-26)28(38)34-9-2-1-3-10-34/h5-8,13-15,23,25H,1-4,9-12,16-18H2,(H,31,37)/t23-,25-/m0/s1. The van der Waals surface area contributed by atoms with Gasteiger partial charge in [-0.05, 0) is 49.6 Å². The second-order valence-corrected chi connectivity index (χ2v) is 10.8. The molecule has 6 rings (SSSR count). The summed E-state index contributed by atoms with van der Waals surface area (Å²) in [6.45, 7) is 3.92. The number of aromatic nitrogens is 4. The van der Waals surface area contributed by atoms with Crippen LogP contribution in [-0.2, 0) is 17.9 Å². The van der Waals surface area contributed by atoms with Gasteiger partial charge in [-0.15, -0.1) is 5.10 Å². The van der Waals surface area contributed by atoms with Gasteiger partial charge in [0.05, 0.1) is 42.1 Å². The maximum Gasteiger partial charge on any atom is 0.255 e. The number of halogens is 1. The van der Waals surface area contributed by atoms with E-state index >= 15 is 0 Å². The Labute approximate surface area is 237 Å². The van der Waals surface area contributed by atoms with E-state index in [9.17, 15) is 9.59 Å². The number of hydrogen-bond acceptors (Lipinski definition) is 8. The minimum Gasteiger partial charge on any atom is -0.492 e. The van der Waals surface area contributed by atoms with Gasteiger partial charge in [0.15, 0.2) is 0 Å². The lowest BCUT2D eigenvalue weighted by atomic mass is 10.1. The SMILES string of the molecule is O=C1N[C@H]2CN(c3ccc(C(=O)N4CCCCC4)cn3)C[C@@H]2OCc2cn(nn2)CCCOc2cc1ccc2Cl. The summed E-state index contributed by atoms with van der Waals surface area (Å²) in [6, 6.07) is 8.40. The van der Waals surface area contributed by atoms with E-state index in [0.717, 1.165) is 31.7 Å². The van der Waals surface area contributed by atoms with Crippen molar-refractivity contribution in [2.24, 2.45) is 0 Å². The zero-order chi connectivity index (χ0) is 27.5. The van der Waals surface area contributed by atoms with Crippen molar-refractivity contribution >= 4 is 29.2 Å². The molecule has 0 radical (unpaired) electrons. The molecule has 3 aromatic rings. The van der Waals surface area contributed by atoms with Crippen molar-refractivity contribution < 1.29 is 19.1 Å². The van der Waals surface area contributed by atoms with Gasteiger partial charge in [-0.25, -0.2) is 4.98 Å². The molecule has 2 fully saturated rings. The first-order valence-electron chi connectivity index (χ1n) is 13.8. The number of nitrogens with one attached hydrogen (secondary N) is 1. The summed E-state index contributed by atoms with van der Waals surface area (Å²) in [5.74, 6) is 0.967. The summed E-state index contributed by atoms with van der Waals surface area (Å²) in [5, 5.41) is 12.0. The Bertz CT molecular complexity index is 1360. The molecule has 2 amide bonds. The number of amides is 2. The van der Waals surface area contributed by atoms with Crippen LogP contribution in [-0.4, -0.2) is 81.6 Å². The second kappa shape index (κ2) is 11.8. The van der Waals surface area contributed by atoms with E-state index in [0.29, 0.717) is 60.3 Å². The number of piperidine rings is 1. The lowest BCUT2D eigenvalue weighted by Gasteiger charge is -2.26. The number of anilines is 1. The van der Waals surface area contributed by atoms with E-state index in [-0.39, 0.29) is 30.6 Å². The van der Waals surface area contributed by atoms with E-state index in [1.807, 2.05) is 23.2 Å². The fourth-order valence-electron chi connectivity index (χ4n) is 5.37. The molecule has 11 nitrogen and oxygen atoms in total. The second-order valence-electron chi connectivity index (χ2n) is 10.4. The van der Waals surface area contributed by atoms with Gasteiger partial charge in [-0.1, -0.05) is 16.8 Å². The van der Waals surface area contributed by atoms with Crippen molar-refractivity contribution in [2.45, 2.75) is 51.0 Å². The third-order valence-corrected chi connectivity index (χ3v) is 7.87. The monoisotopic (exact) mass is 565 g/mol. The summed E-state index contributed by atoms with van der Waals surface area (Å²) in [4.78, 5) is 34.7. The molecule has 0 spiro atoms. The van der Waals surface area contributed by atoms with Crippen LogP contribution in [0, 0.1) is 0 Å². The van der Waals surface area contributed by atoms with Crippen LogP contribution in [0.3, 0.4) is 0 Å². The average Bonchev–Trinajstić information content (AvgIpc) is 3.61. The molecule has 1 aromatic carbocycles. The molecule has 3 aliphatic heterocycles. The van der Waals surface area contributed by atoms with Gasteiger partial charge < -0.3 is 24.6 Å². The Morgan fingerprint density at radius 1 is 1.05 bits per heavy atom. The van der Waals surface area contributed by atoms with Crippen molar-refractivity contribution in [3.05, 3.63) is 64.6 Å². The molecule has 2 aromatic heterocycles. The highest BCUT2D eigenvalue weighted by Crippen LogP contribution is 2.27. The van der Waals surface area contributed by atoms with Crippen molar-refractivity contribution in [1.82, 2.24) is 30.2 Å². The van der Waals surface area contributed by atoms with Gasteiger partial charge >= 0.3 is 0 Å². The third-order valence-electron chi connectivity index (χ3n) is 7.56. The molecule has 210 valence electrons. The number of carbonyl (C=O) groups excluding carboxylic acids is 2. The van der Waals surface area contributed by atoms with Crippen LogP contribution in [0.25, 0.3) is 0 Å². The van der Waals surface area contributed by atoms with E-state index in [4.69, 9.17) is 21.1 Å². The topological polar surface area (TPSA) is 115 Å². The predicted octanol–water partition coefficient (Wildman–Crippen LogP) is 2.94. The summed E-state index contributed by atoms with van der Waals surface area (Å²) in [6.07, 6.45) is 7.14.